The monoisotopic (exact) mass is 642 g/mol. The second-order valence-corrected chi connectivity index (χ2v) is 12.6. The van der Waals surface area contributed by atoms with Crippen LogP contribution in [-0.2, 0) is 38.2 Å². The molecule has 0 aliphatic carbocycles. The molecule has 0 aromatic heterocycles. The lowest BCUT2D eigenvalue weighted by Crippen LogP contribution is -2.50. The molecule has 46 heavy (non-hydrogen) atoms. The van der Waals surface area contributed by atoms with Crippen LogP contribution in [0.4, 0.5) is 0 Å². The number of nitrogens with zero attached hydrogens (tertiary/aromatic N) is 2. The Labute approximate surface area is 269 Å². The molecule has 4 heterocycles. The van der Waals surface area contributed by atoms with Gasteiger partial charge in [-0.05, 0) is 45.6 Å². The Morgan fingerprint density at radius 1 is 1.22 bits per heavy atom. The zero-order valence-electron chi connectivity index (χ0n) is 27.1. The van der Waals surface area contributed by atoms with Crippen LogP contribution in [0.15, 0.2) is 40.9 Å². The number of allylic oxidation sites excluding steroid dienone is 2. The van der Waals surface area contributed by atoms with Gasteiger partial charge in [0.05, 0.1) is 37.4 Å². The largest absolute Gasteiger partial charge is 0.387 e. The van der Waals surface area contributed by atoms with E-state index >= 15 is 0 Å². The summed E-state index contributed by atoms with van der Waals surface area (Å²) in [6.45, 7) is 9.88. The number of aliphatic hydroxyl groups excluding tert-OH is 1. The molecular weight excluding hydrogens is 596 g/mol. The Kier molecular flexibility index (Phi) is 11.8. The van der Waals surface area contributed by atoms with Crippen molar-refractivity contribution in [2.24, 2.45) is 16.8 Å². The highest BCUT2D eigenvalue weighted by molar-refractivity contribution is 6.01. The Hall–Kier alpha value is -3.52. The fourth-order valence-electron chi connectivity index (χ4n) is 5.93. The maximum Gasteiger partial charge on any atom is 0.335 e. The highest BCUT2D eigenvalue weighted by atomic mass is 16.7. The lowest BCUT2D eigenvalue weighted by atomic mass is 9.87. The van der Waals surface area contributed by atoms with Crippen LogP contribution in [0.5, 0.6) is 0 Å². The summed E-state index contributed by atoms with van der Waals surface area (Å²) < 4.78 is 17.9. The van der Waals surface area contributed by atoms with Crippen molar-refractivity contribution in [1.82, 2.24) is 10.4 Å². The molecule has 0 aromatic rings. The van der Waals surface area contributed by atoms with Gasteiger partial charge in [0.1, 0.15) is 23.6 Å². The predicted molar refractivity (Wildman–Crippen MR) is 168 cm³/mol. The zero-order valence-corrected chi connectivity index (χ0v) is 27.1. The van der Waals surface area contributed by atoms with Gasteiger partial charge < -0.3 is 29.5 Å². The number of aliphatic hydroxyl groups is 1. The van der Waals surface area contributed by atoms with Crippen molar-refractivity contribution in [2.45, 2.75) is 115 Å². The minimum Gasteiger partial charge on any atom is -0.387 e. The quantitative estimate of drug-likeness (QED) is 0.0763. The predicted octanol–water partition coefficient (Wildman–Crippen LogP) is 2.72. The number of ether oxygens (including phenoxy) is 3. The summed E-state index contributed by atoms with van der Waals surface area (Å²) in [6, 6.07) is -0.139. The molecule has 4 aliphatic rings. The summed E-state index contributed by atoms with van der Waals surface area (Å²) >= 11 is 0. The highest BCUT2D eigenvalue weighted by Crippen LogP contribution is 2.43. The summed E-state index contributed by atoms with van der Waals surface area (Å²) in [5.74, 6) is -1.98. The van der Waals surface area contributed by atoms with E-state index in [9.17, 15) is 24.3 Å². The van der Waals surface area contributed by atoms with Crippen LogP contribution in [0, 0.1) is 17.2 Å². The van der Waals surface area contributed by atoms with Gasteiger partial charge in [0.25, 0.3) is 11.8 Å². The van der Waals surface area contributed by atoms with Crippen molar-refractivity contribution in [3.63, 3.8) is 0 Å². The van der Waals surface area contributed by atoms with Crippen molar-refractivity contribution in [1.29, 1.82) is 5.41 Å². The van der Waals surface area contributed by atoms with Gasteiger partial charge in [0.15, 0.2) is 0 Å². The maximum atomic E-state index is 12.5. The molecule has 13 nitrogen and oxygen atoms in total. The van der Waals surface area contributed by atoms with E-state index in [4.69, 9.17) is 24.5 Å². The minimum absolute atomic E-state index is 0.0138. The fourth-order valence-corrected chi connectivity index (χ4v) is 5.93. The minimum atomic E-state index is -0.921. The Morgan fingerprint density at radius 2 is 1.91 bits per heavy atom. The Bertz CT molecular complexity index is 1290. The SMILES string of the molecule is CC=NC(=N)C(C)/C=C\C(=O)NC1CC(C)C(C/C=C(C)/C=C/C2O[C@H](CC(=O)ON3C(=O)CCC3=O)CC3(CO3)[C@@H]2O)OC1C. The number of rotatable bonds is 11. The number of epoxide rings is 1. The standard InChI is InChI=1S/C33H46N4O9/c1-6-35-32(34)20(3)9-12-27(38)36-24-15-21(4)25(44-22(24)5)10-7-19(2)8-11-26-31(42)33(18-43-33)17-23(45-26)16-30(41)46-37-28(39)13-14-29(37)40/h6-9,11-12,20-26,31,34,42H,10,13-18H2,1-5H3,(H,36,38)/b11-8+,12-9-,19-7+,34-32?,35-6?/t20?,21?,22?,23-,24?,25?,26?,31-,33?/m1/s1. The molecule has 0 saturated carbocycles. The van der Waals surface area contributed by atoms with E-state index in [1.165, 1.54) is 6.08 Å². The summed E-state index contributed by atoms with van der Waals surface area (Å²) in [6.07, 6.45) is 9.34. The number of hydrogen-bond donors (Lipinski definition) is 3. The molecular formula is C33H46N4O9. The fraction of sp³-hybridized carbons (Fsp3) is 0.636. The van der Waals surface area contributed by atoms with Crippen molar-refractivity contribution in [3.05, 3.63) is 36.0 Å². The van der Waals surface area contributed by atoms with E-state index in [-0.39, 0.29) is 67.5 Å². The third-order valence-electron chi connectivity index (χ3n) is 8.88. The summed E-state index contributed by atoms with van der Waals surface area (Å²) in [5, 5.41) is 22.3. The smallest absolute Gasteiger partial charge is 0.335 e. The Morgan fingerprint density at radius 3 is 2.57 bits per heavy atom. The normalized spacial score (nSPS) is 34.2. The molecule has 4 fully saturated rings. The van der Waals surface area contributed by atoms with Gasteiger partial charge in [-0.1, -0.05) is 43.7 Å². The van der Waals surface area contributed by atoms with Crippen LogP contribution in [-0.4, -0.2) is 94.7 Å². The summed E-state index contributed by atoms with van der Waals surface area (Å²) in [4.78, 5) is 57.5. The van der Waals surface area contributed by atoms with Gasteiger partial charge in [-0.3, -0.25) is 19.8 Å². The number of amides is 3. The molecule has 0 aromatic carbocycles. The van der Waals surface area contributed by atoms with Crippen molar-refractivity contribution in [3.8, 4) is 0 Å². The van der Waals surface area contributed by atoms with E-state index in [2.05, 4.69) is 23.3 Å². The first-order valence-electron chi connectivity index (χ1n) is 15.9. The molecule has 4 saturated heterocycles. The van der Waals surface area contributed by atoms with E-state index in [0.717, 1.165) is 12.0 Å². The lowest BCUT2D eigenvalue weighted by molar-refractivity contribution is -0.202. The number of nitrogens with one attached hydrogen (secondary N) is 2. The van der Waals surface area contributed by atoms with Gasteiger partial charge in [-0.25, -0.2) is 9.79 Å². The summed E-state index contributed by atoms with van der Waals surface area (Å²) in [7, 11) is 0. The van der Waals surface area contributed by atoms with Crippen LogP contribution in [0.1, 0.15) is 73.1 Å². The number of amidine groups is 1. The molecule has 0 radical (unpaired) electrons. The van der Waals surface area contributed by atoms with Gasteiger partial charge in [-0.15, -0.1) is 5.06 Å². The van der Waals surface area contributed by atoms with Gasteiger partial charge in [0.2, 0.25) is 5.91 Å². The third-order valence-corrected chi connectivity index (χ3v) is 8.88. The second kappa shape index (κ2) is 15.4. The van der Waals surface area contributed by atoms with E-state index < -0.39 is 41.7 Å². The van der Waals surface area contributed by atoms with Gasteiger partial charge in [0, 0.05) is 31.4 Å². The maximum absolute atomic E-state index is 12.5. The number of aliphatic imine (C=N–C) groups is 1. The first kappa shape index (κ1) is 35.3. The topological polar surface area (TPSA) is 180 Å². The molecule has 13 heteroatoms. The lowest BCUT2D eigenvalue weighted by Gasteiger charge is -2.39. The van der Waals surface area contributed by atoms with Gasteiger partial charge in [-0.2, -0.15) is 0 Å². The molecule has 1 spiro atoms. The molecule has 3 N–H and O–H groups in total. The molecule has 0 bridgehead atoms. The first-order chi connectivity index (χ1) is 21.8. The second-order valence-electron chi connectivity index (χ2n) is 12.6. The number of hydrogen-bond acceptors (Lipinski definition) is 10. The van der Waals surface area contributed by atoms with Crippen LogP contribution in [0.25, 0.3) is 0 Å². The van der Waals surface area contributed by atoms with Crippen molar-refractivity contribution in [2.75, 3.05) is 6.61 Å². The van der Waals surface area contributed by atoms with Crippen LogP contribution >= 0.6 is 0 Å². The number of carbonyl (C=O) groups is 4. The van der Waals surface area contributed by atoms with Crippen LogP contribution < -0.4 is 5.32 Å². The van der Waals surface area contributed by atoms with Gasteiger partial charge >= 0.3 is 5.97 Å². The third kappa shape index (κ3) is 9.05. The van der Waals surface area contributed by atoms with E-state index in [1.807, 2.05) is 26.8 Å². The molecule has 7 unspecified atom stereocenters. The van der Waals surface area contributed by atoms with E-state index in [1.54, 1.807) is 25.3 Å². The molecule has 252 valence electrons. The number of imide groups is 1. The molecule has 9 atom stereocenters. The first-order valence-corrected chi connectivity index (χ1v) is 15.9. The molecule has 4 rings (SSSR count). The molecule has 3 amide bonds. The van der Waals surface area contributed by atoms with Crippen LogP contribution in [0.3, 0.4) is 0 Å². The number of hydroxylamine groups is 2. The Balaban J connectivity index is 1.27. The number of carbonyl (C=O) groups excluding carboxylic acids is 4. The molecule has 4 aliphatic heterocycles. The van der Waals surface area contributed by atoms with Crippen LogP contribution in [0.2, 0.25) is 0 Å². The van der Waals surface area contributed by atoms with Crippen molar-refractivity contribution < 1.29 is 43.3 Å². The van der Waals surface area contributed by atoms with E-state index in [0.29, 0.717) is 18.1 Å². The average molecular weight is 643 g/mol. The summed E-state index contributed by atoms with van der Waals surface area (Å²) in [5.41, 5.74) is 0.133. The highest BCUT2D eigenvalue weighted by Gasteiger charge is 2.58. The zero-order chi connectivity index (χ0) is 33.6. The van der Waals surface area contributed by atoms with Crippen molar-refractivity contribution >= 4 is 35.7 Å². The average Bonchev–Trinajstić information content (AvgIpc) is 3.71.